The molecule has 4 nitrogen and oxygen atoms in total. The third-order valence-electron chi connectivity index (χ3n) is 4.46. The number of ether oxygens (including phenoxy) is 1. The van der Waals surface area contributed by atoms with Crippen LogP contribution in [0.15, 0.2) is 35.7 Å². The SMILES string of the molecule is CCN(C)CC/C=C1/c2cc(CC(=O)O)ccc2OCc2ccsc21. The van der Waals surface area contributed by atoms with Crippen LogP contribution in [-0.2, 0) is 17.8 Å². The maximum atomic E-state index is 11.1. The van der Waals surface area contributed by atoms with Gasteiger partial charge in [-0.25, -0.2) is 0 Å². The summed E-state index contributed by atoms with van der Waals surface area (Å²) in [5.41, 5.74) is 4.15. The zero-order valence-corrected chi connectivity index (χ0v) is 15.4. The molecule has 0 radical (unpaired) electrons. The molecule has 5 heteroatoms. The summed E-state index contributed by atoms with van der Waals surface area (Å²) in [7, 11) is 2.12. The lowest BCUT2D eigenvalue weighted by Crippen LogP contribution is -2.18. The molecule has 3 rings (SSSR count). The van der Waals surface area contributed by atoms with E-state index >= 15 is 0 Å². The van der Waals surface area contributed by atoms with Crippen molar-refractivity contribution >= 4 is 22.9 Å². The monoisotopic (exact) mass is 357 g/mol. The Balaban J connectivity index is 2.00. The lowest BCUT2D eigenvalue weighted by molar-refractivity contribution is -0.136. The summed E-state index contributed by atoms with van der Waals surface area (Å²) in [6.45, 7) is 4.72. The van der Waals surface area contributed by atoms with Gasteiger partial charge in [0.05, 0.1) is 6.42 Å². The first kappa shape index (κ1) is 17.7. The maximum absolute atomic E-state index is 11.1. The zero-order valence-electron chi connectivity index (χ0n) is 14.6. The number of aliphatic carboxylic acids is 1. The predicted molar refractivity (Wildman–Crippen MR) is 101 cm³/mol. The summed E-state index contributed by atoms with van der Waals surface area (Å²) in [5.74, 6) is 0.00837. The van der Waals surface area contributed by atoms with E-state index in [2.05, 4.69) is 36.4 Å². The molecule has 2 heterocycles. The lowest BCUT2D eigenvalue weighted by atomic mass is 9.97. The Morgan fingerprint density at radius 2 is 2.24 bits per heavy atom. The molecule has 132 valence electrons. The molecule has 1 aromatic carbocycles. The Kier molecular flexibility index (Phi) is 5.56. The fourth-order valence-electron chi connectivity index (χ4n) is 2.95. The molecule has 1 aliphatic heterocycles. The van der Waals surface area contributed by atoms with Gasteiger partial charge in [-0.15, -0.1) is 11.3 Å². The molecule has 0 amide bonds. The zero-order chi connectivity index (χ0) is 17.8. The molecule has 0 fully saturated rings. The van der Waals surface area contributed by atoms with E-state index in [-0.39, 0.29) is 6.42 Å². The minimum atomic E-state index is -0.818. The van der Waals surface area contributed by atoms with E-state index in [4.69, 9.17) is 9.84 Å². The number of carbonyl (C=O) groups is 1. The Morgan fingerprint density at radius 3 is 3.00 bits per heavy atom. The quantitative estimate of drug-likeness (QED) is 0.848. The van der Waals surface area contributed by atoms with Gasteiger partial charge in [-0.05, 0) is 54.7 Å². The standard InChI is InChI=1S/C20H23NO3S/c1-3-21(2)9-4-5-16-17-11-14(12-19(22)23)6-7-18(17)24-13-15-8-10-25-20(15)16/h5-8,10-11H,3-4,9,12-13H2,1-2H3,(H,22,23)/b16-5-. The third-order valence-corrected chi connectivity index (χ3v) is 5.45. The van der Waals surface area contributed by atoms with Gasteiger partial charge in [-0.3, -0.25) is 4.79 Å². The third kappa shape index (κ3) is 4.11. The molecule has 0 aliphatic carbocycles. The molecule has 1 N–H and O–H groups in total. The van der Waals surface area contributed by atoms with Gasteiger partial charge in [-0.2, -0.15) is 0 Å². The Hall–Kier alpha value is -2.11. The minimum absolute atomic E-state index is 0.0242. The number of fused-ring (bicyclic) bond motifs is 2. The van der Waals surface area contributed by atoms with Crippen molar-refractivity contribution < 1.29 is 14.6 Å². The first-order valence-corrected chi connectivity index (χ1v) is 9.39. The van der Waals surface area contributed by atoms with Gasteiger partial charge < -0.3 is 14.7 Å². The van der Waals surface area contributed by atoms with Gasteiger partial charge >= 0.3 is 5.97 Å². The summed E-state index contributed by atoms with van der Waals surface area (Å²) in [6.07, 6.45) is 3.23. The van der Waals surface area contributed by atoms with Crippen LogP contribution in [0.25, 0.3) is 5.57 Å². The first-order valence-electron chi connectivity index (χ1n) is 8.51. The van der Waals surface area contributed by atoms with Gasteiger partial charge in [0, 0.05) is 22.5 Å². The van der Waals surface area contributed by atoms with E-state index in [0.29, 0.717) is 6.61 Å². The summed E-state index contributed by atoms with van der Waals surface area (Å²) in [6, 6.07) is 7.81. The van der Waals surface area contributed by atoms with Crippen molar-refractivity contribution in [3.8, 4) is 5.75 Å². The molecule has 25 heavy (non-hydrogen) atoms. The normalized spacial score (nSPS) is 14.8. The van der Waals surface area contributed by atoms with E-state index in [1.165, 1.54) is 10.4 Å². The summed E-state index contributed by atoms with van der Waals surface area (Å²) in [4.78, 5) is 14.6. The van der Waals surface area contributed by atoms with Gasteiger partial charge in [0.15, 0.2) is 0 Å². The first-order chi connectivity index (χ1) is 12.1. The van der Waals surface area contributed by atoms with Gasteiger partial charge in [0.25, 0.3) is 0 Å². The largest absolute Gasteiger partial charge is 0.488 e. The van der Waals surface area contributed by atoms with Crippen LogP contribution in [-0.4, -0.2) is 36.1 Å². The number of nitrogens with zero attached hydrogens (tertiary/aromatic N) is 1. The fourth-order valence-corrected chi connectivity index (χ4v) is 3.92. The molecule has 1 aromatic heterocycles. The molecule has 0 saturated carbocycles. The number of benzene rings is 1. The van der Waals surface area contributed by atoms with E-state index in [1.807, 2.05) is 18.2 Å². The number of hydrogen-bond donors (Lipinski definition) is 1. The summed E-state index contributed by atoms with van der Waals surface area (Å²) in [5, 5.41) is 11.2. The molecule has 2 aromatic rings. The van der Waals surface area contributed by atoms with E-state index in [9.17, 15) is 4.79 Å². The number of rotatable bonds is 6. The highest BCUT2D eigenvalue weighted by atomic mass is 32.1. The number of carboxylic acids is 1. The Bertz CT molecular complexity index is 794. The molecule has 1 aliphatic rings. The number of hydrogen-bond acceptors (Lipinski definition) is 4. The van der Waals surface area contributed by atoms with Gasteiger partial charge in [-0.1, -0.05) is 19.1 Å². The second-order valence-electron chi connectivity index (χ2n) is 6.27. The molecule has 0 atom stereocenters. The van der Waals surface area contributed by atoms with Crippen LogP contribution in [0.5, 0.6) is 5.75 Å². The molecular weight excluding hydrogens is 334 g/mol. The van der Waals surface area contributed by atoms with Crippen LogP contribution < -0.4 is 4.74 Å². The molecule has 0 spiro atoms. The van der Waals surface area contributed by atoms with Crippen molar-refractivity contribution in [3.05, 3.63) is 57.3 Å². The van der Waals surface area contributed by atoms with Crippen molar-refractivity contribution in [2.45, 2.75) is 26.4 Å². The summed E-state index contributed by atoms with van der Waals surface area (Å²) < 4.78 is 5.98. The van der Waals surface area contributed by atoms with E-state index in [0.717, 1.165) is 42.0 Å². The predicted octanol–water partition coefficient (Wildman–Crippen LogP) is 4.04. The van der Waals surface area contributed by atoms with Crippen LogP contribution in [0.4, 0.5) is 0 Å². The van der Waals surface area contributed by atoms with Crippen LogP contribution >= 0.6 is 11.3 Å². The average Bonchev–Trinajstić information content (AvgIpc) is 3.00. The highest BCUT2D eigenvalue weighted by molar-refractivity contribution is 7.11. The Morgan fingerprint density at radius 1 is 1.40 bits per heavy atom. The lowest BCUT2D eigenvalue weighted by Gasteiger charge is -2.14. The highest BCUT2D eigenvalue weighted by Gasteiger charge is 2.21. The maximum Gasteiger partial charge on any atom is 0.307 e. The van der Waals surface area contributed by atoms with Crippen molar-refractivity contribution in [2.75, 3.05) is 20.1 Å². The second-order valence-corrected chi connectivity index (χ2v) is 7.18. The van der Waals surface area contributed by atoms with Crippen LogP contribution in [0.1, 0.15) is 34.9 Å². The molecule has 0 bridgehead atoms. The highest BCUT2D eigenvalue weighted by Crippen LogP contribution is 2.40. The van der Waals surface area contributed by atoms with Crippen molar-refractivity contribution in [2.24, 2.45) is 0 Å². The van der Waals surface area contributed by atoms with Gasteiger partial charge in [0.2, 0.25) is 0 Å². The molecule has 0 unspecified atom stereocenters. The molecule has 0 saturated heterocycles. The van der Waals surface area contributed by atoms with Crippen LogP contribution in [0.3, 0.4) is 0 Å². The number of thiophene rings is 1. The molecular formula is C20H23NO3S. The second kappa shape index (κ2) is 7.85. The van der Waals surface area contributed by atoms with Crippen molar-refractivity contribution in [3.63, 3.8) is 0 Å². The van der Waals surface area contributed by atoms with Crippen molar-refractivity contribution in [1.29, 1.82) is 0 Å². The average molecular weight is 357 g/mol. The van der Waals surface area contributed by atoms with Gasteiger partial charge in [0.1, 0.15) is 12.4 Å². The number of carboxylic acid groups (broad SMARTS) is 1. The fraction of sp³-hybridized carbons (Fsp3) is 0.350. The van der Waals surface area contributed by atoms with E-state index in [1.54, 1.807) is 11.3 Å². The van der Waals surface area contributed by atoms with E-state index < -0.39 is 5.97 Å². The van der Waals surface area contributed by atoms with Crippen LogP contribution in [0, 0.1) is 0 Å². The topological polar surface area (TPSA) is 49.8 Å². The van der Waals surface area contributed by atoms with Crippen molar-refractivity contribution in [1.82, 2.24) is 4.90 Å². The smallest absolute Gasteiger partial charge is 0.307 e. The Labute approximate surface area is 152 Å². The minimum Gasteiger partial charge on any atom is -0.488 e. The summed E-state index contributed by atoms with van der Waals surface area (Å²) >= 11 is 1.72. The van der Waals surface area contributed by atoms with Crippen LogP contribution in [0.2, 0.25) is 0 Å².